The molecule has 174 valence electrons. The molecule has 6 nitrogen and oxygen atoms in total. The van der Waals surface area contributed by atoms with Crippen LogP contribution in [0.1, 0.15) is 16.7 Å². The summed E-state index contributed by atoms with van der Waals surface area (Å²) in [5, 5.41) is 2.99. The van der Waals surface area contributed by atoms with Gasteiger partial charge in [0.15, 0.2) is 0 Å². The van der Waals surface area contributed by atoms with Crippen molar-refractivity contribution in [2.75, 3.05) is 24.4 Å². The van der Waals surface area contributed by atoms with E-state index < -0.39 is 29.1 Å². The van der Waals surface area contributed by atoms with Crippen molar-refractivity contribution < 1.29 is 27.8 Å². The van der Waals surface area contributed by atoms with Gasteiger partial charge in [-0.15, -0.1) is 0 Å². The van der Waals surface area contributed by atoms with Gasteiger partial charge in [0.1, 0.15) is 28.8 Å². The van der Waals surface area contributed by atoms with Crippen LogP contribution in [0.5, 0.6) is 11.5 Å². The van der Waals surface area contributed by atoms with Crippen LogP contribution < -0.4 is 19.7 Å². The predicted molar refractivity (Wildman–Crippen MR) is 125 cm³/mol. The van der Waals surface area contributed by atoms with Gasteiger partial charge in [0, 0.05) is 30.0 Å². The summed E-state index contributed by atoms with van der Waals surface area (Å²) in [6.07, 6.45) is 0. The molecule has 0 aromatic heterocycles. The van der Waals surface area contributed by atoms with Crippen molar-refractivity contribution >= 4 is 28.8 Å². The number of carbonyl (C=O) groups excluding carboxylic acids is 2. The maximum atomic E-state index is 14.6. The number of hydrogen-bond acceptors (Lipinski definition) is 5. The fraction of sp³-hybridized carbons (Fsp3) is 0.154. The molecule has 0 aliphatic carbocycles. The fourth-order valence-corrected chi connectivity index (χ4v) is 3.89. The number of aryl methyl sites for hydroxylation is 2. The first-order chi connectivity index (χ1) is 16.2. The lowest BCUT2D eigenvalue weighted by molar-refractivity contribution is -0.120. The molecule has 0 radical (unpaired) electrons. The highest BCUT2D eigenvalue weighted by molar-refractivity contribution is 6.46. The molecule has 8 heteroatoms. The molecule has 0 atom stereocenters. The van der Waals surface area contributed by atoms with Crippen molar-refractivity contribution in [3.63, 3.8) is 0 Å². The monoisotopic (exact) mass is 464 g/mol. The molecule has 2 amide bonds. The average molecular weight is 464 g/mol. The SMILES string of the molecule is COc1cc(NC2=C(c3ccc(C)cc3C)C(=O)N(c3cc(F)ccc3F)C2=O)cc(OC)c1. The Labute approximate surface area is 195 Å². The summed E-state index contributed by atoms with van der Waals surface area (Å²) < 4.78 is 39.1. The highest BCUT2D eigenvalue weighted by Gasteiger charge is 2.42. The number of ether oxygens (including phenoxy) is 2. The number of amides is 2. The van der Waals surface area contributed by atoms with E-state index >= 15 is 0 Å². The average Bonchev–Trinajstić information content (AvgIpc) is 3.04. The zero-order chi connectivity index (χ0) is 24.6. The van der Waals surface area contributed by atoms with Gasteiger partial charge < -0.3 is 14.8 Å². The normalized spacial score (nSPS) is 13.5. The Balaban J connectivity index is 1.89. The Hall–Kier alpha value is -4.20. The maximum absolute atomic E-state index is 14.6. The molecular weight excluding hydrogens is 442 g/mol. The lowest BCUT2D eigenvalue weighted by atomic mass is 9.97. The molecule has 1 N–H and O–H groups in total. The van der Waals surface area contributed by atoms with Crippen molar-refractivity contribution in [2.24, 2.45) is 0 Å². The zero-order valence-electron chi connectivity index (χ0n) is 19.0. The van der Waals surface area contributed by atoms with E-state index in [0.29, 0.717) is 27.6 Å². The molecular formula is C26H22F2N2O4. The van der Waals surface area contributed by atoms with Gasteiger partial charge in [-0.05, 0) is 37.1 Å². The van der Waals surface area contributed by atoms with Gasteiger partial charge in [0.25, 0.3) is 11.8 Å². The summed E-state index contributed by atoms with van der Waals surface area (Å²) in [4.78, 5) is 27.7. The second kappa shape index (κ2) is 8.97. The van der Waals surface area contributed by atoms with Gasteiger partial charge in [0.2, 0.25) is 0 Å². The number of hydrogen-bond donors (Lipinski definition) is 1. The second-order valence-corrected chi connectivity index (χ2v) is 7.84. The van der Waals surface area contributed by atoms with Crippen molar-refractivity contribution in [1.29, 1.82) is 0 Å². The van der Waals surface area contributed by atoms with Crippen LogP contribution in [0.25, 0.3) is 5.57 Å². The lowest BCUT2D eigenvalue weighted by Gasteiger charge is -2.16. The molecule has 3 aromatic carbocycles. The zero-order valence-corrected chi connectivity index (χ0v) is 19.0. The Kier molecular flexibility index (Phi) is 6.06. The van der Waals surface area contributed by atoms with Gasteiger partial charge in [-0.2, -0.15) is 0 Å². The van der Waals surface area contributed by atoms with Crippen molar-refractivity contribution in [2.45, 2.75) is 13.8 Å². The number of benzene rings is 3. The number of carbonyl (C=O) groups is 2. The van der Waals surface area contributed by atoms with Crippen LogP contribution >= 0.6 is 0 Å². The van der Waals surface area contributed by atoms with Crippen LogP contribution in [0.3, 0.4) is 0 Å². The van der Waals surface area contributed by atoms with E-state index in [1.54, 1.807) is 24.3 Å². The molecule has 4 rings (SSSR count). The molecule has 0 saturated heterocycles. The smallest absolute Gasteiger partial charge is 0.282 e. The van der Waals surface area contributed by atoms with E-state index in [9.17, 15) is 18.4 Å². The number of imide groups is 1. The van der Waals surface area contributed by atoms with Crippen LogP contribution in [0.2, 0.25) is 0 Å². The molecule has 0 saturated carbocycles. The van der Waals surface area contributed by atoms with Crippen molar-refractivity contribution in [1.82, 2.24) is 0 Å². The largest absolute Gasteiger partial charge is 0.497 e. The van der Waals surface area contributed by atoms with E-state index in [1.807, 2.05) is 26.0 Å². The summed E-state index contributed by atoms with van der Waals surface area (Å²) in [5.41, 5.74) is 2.15. The van der Waals surface area contributed by atoms with E-state index in [0.717, 1.165) is 29.3 Å². The standard InChI is InChI=1S/C26H22F2N2O4/c1-14-5-7-20(15(2)9-14)23-24(29-17-11-18(33-3)13-19(12-17)34-4)26(32)30(25(23)31)22-10-16(27)6-8-21(22)28/h5-13,29H,1-4H3. The first kappa shape index (κ1) is 23.0. The summed E-state index contributed by atoms with van der Waals surface area (Å²) in [6, 6.07) is 12.9. The maximum Gasteiger partial charge on any atom is 0.282 e. The third-order valence-electron chi connectivity index (χ3n) is 5.51. The number of anilines is 2. The quantitative estimate of drug-likeness (QED) is 0.521. The molecule has 34 heavy (non-hydrogen) atoms. The Morgan fingerprint density at radius 2 is 1.50 bits per heavy atom. The van der Waals surface area contributed by atoms with E-state index in [-0.39, 0.29) is 11.3 Å². The van der Waals surface area contributed by atoms with Crippen LogP contribution in [0.4, 0.5) is 20.2 Å². The van der Waals surface area contributed by atoms with E-state index in [4.69, 9.17) is 9.47 Å². The molecule has 3 aromatic rings. The molecule has 0 spiro atoms. The molecule has 1 heterocycles. The highest BCUT2D eigenvalue weighted by Crippen LogP contribution is 2.37. The first-order valence-electron chi connectivity index (χ1n) is 10.4. The number of methoxy groups -OCH3 is 2. The molecule has 0 unspecified atom stereocenters. The van der Waals surface area contributed by atoms with Crippen LogP contribution in [0, 0.1) is 25.5 Å². The summed E-state index contributed by atoms with van der Waals surface area (Å²) >= 11 is 0. The minimum atomic E-state index is -0.896. The summed E-state index contributed by atoms with van der Waals surface area (Å²) in [6.45, 7) is 3.72. The van der Waals surface area contributed by atoms with Crippen molar-refractivity contribution in [3.8, 4) is 11.5 Å². The molecule has 0 bridgehead atoms. The van der Waals surface area contributed by atoms with Gasteiger partial charge in [-0.1, -0.05) is 23.8 Å². The molecule has 1 aliphatic heterocycles. The second-order valence-electron chi connectivity index (χ2n) is 7.84. The van der Waals surface area contributed by atoms with Gasteiger partial charge in [-0.3, -0.25) is 9.59 Å². The van der Waals surface area contributed by atoms with Gasteiger partial charge in [0.05, 0.1) is 25.5 Å². The Morgan fingerprint density at radius 3 is 2.12 bits per heavy atom. The third-order valence-corrected chi connectivity index (χ3v) is 5.51. The summed E-state index contributed by atoms with van der Waals surface area (Å²) in [5.74, 6) is -2.33. The molecule has 1 aliphatic rings. The Morgan fingerprint density at radius 1 is 0.824 bits per heavy atom. The Bertz CT molecular complexity index is 1330. The van der Waals surface area contributed by atoms with E-state index in [2.05, 4.69) is 5.32 Å². The number of nitrogens with zero attached hydrogens (tertiary/aromatic N) is 1. The highest BCUT2D eigenvalue weighted by atomic mass is 19.1. The van der Waals surface area contributed by atoms with E-state index in [1.165, 1.54) is 14.2 Å². The lowest BCUT2D eigenvalue weighted by Crippen LogP contribution is -2.33. The van der Waals surface area contributed by atoms with Crippen LogP contribution in [-0.4, -0.2) is 26.0 Å². The summed E-state index contributed by atoms with van der Waals surface area (Å²) in [7, 11) is 2.97. The predicted octanol–water partition coefficient (Wildman–Crippen LogP) is 5.00. The minimum Gasteiger partial charge on any atom is -0.497 e. The third kappa shape index (κ3) is 4.10. The first-order valence-corrected chi connectivity index (χ1v) is 10.4. The topological polar surface area (TPSA) is 67.9 Å². The van der Waals surface area contributed by atoms with Crippen LogP contribution in [-0.2, 0) is 9.59 Å². The fourth-order valence-electron chi connectivity index (χ4n) is 3.89. The number of rotatable bonds is 6. The van der Waals surface area contributed by atoms with Gasteiger partial charge >= 0.3 is 0 Å². The minimum absolute atomic E-state index is 0.0490. The number of nitrogens with one attached hydrogen (secondary N) is 1. The number of halogens is 2. The van der Waals surface area contributed by atoms with Crippen LogP contribution in [0.15, 0.2) is 60.3 Å². The van der Waals surface area contributed by atoms with Crippen molar-refractivity contribution in [3.05, 3.63) is 88.6 Å². The molecule has 0 fully saturated rings. The van der Waals surface area contributed by atoms with Gasteiger partial charge in [-0.25, -0.2) is 13.7 Å².